The fraction of sp³-hybridized carbons (Fsp3) is 0.227. The van der Waals surface area contributed by atoms with Crippen molar-refractivity contribution in [3.63, 3.8) is 0 Å². The van der Waals surface area contributed by atoms with E-state index in [1.165, 1.54) is 10.8 Å². The standard InChI is InChI=1S/C22H22N4O/c1-22(2,3)21(27)24-19-18-12-15(13-23-20(18)26(4)25-19)17-11-7-9-14-8-5-6-10-16(14)17/h5-13H,1-4H3,(H,24,25,27). The molecule has 0 radical (unpaired) electrons. The molecular formula is C22H22N4O. The Bertz CT molecular complexity index is 1160. The summed E-state index contributed by atoms with van der Waals surface area (Å²) in [6, 6.07) is 16.6. The molecule has 0 saturated heterocycles. The number of pyridine rings is 1. The highest BCUT2D eigenvalue weighted by atomic mass is 16.2. The maximum atomic E-state index is 12.4. The molecule has 0 aliphatic heterocycles. The molecule has 4 aromatic rings. The van der Waals surface area contributed by atoms with Crippen LogP contribution in [0.5, 0.6) is 0 Å². The number of carbonyl (C=O) groups excluding carboxylic acids is 1. The molecule has 0 unspecified atom stereocenters. The number of fused-ring (bicyclic) bond motifs is 2. The molecule has 0 fully saturated rings. The minimum Gasteiger partial charge on any atom is -0.308 e. The Kier molecular flexibility index (Phi) is 3.95. The molecule has 0 bridgehead atoms. The zero-order valence-electron chi connectivity index (χ0n) is 15.9. The molecule has 136 valence electrons. The van der Waals surface area contributed by atoms with Gasteiger partial charge in [0.2, 0.25) is 5.91 Å². The fourth-order valence-corrected chi connectivity index (χ4v) is 3.15. The van der Waals surface area contributed by atoms with Crippen molar-refractivity contribution in [2.24, 2.45) is 12.5 Å². The second kappa shape index (κ2) is 6.20. The zero-order valence-corrected chi connectivity index (χ0v) is 15.9. The first-order chi connectivity index (χ1) is 12.8. The molecule has 5 nitrogen and oxygen atoms in total. The van der Waals surface area contributed by atoms with Crippen LogP contribution in [-0.4, -0.2) is 20.7 Å². The highest BCUT2D eigenvalue weighted by molar-refractivity contribution is 6.03. The van der Waals surface area contributed by atoms with Gasteiger partial charge in [0.15, 0.2) is 11.5 Å². The summed E-state index contributed by atoms with van der Waals surface area (Å²) in [7, 11) is 1.83. The monoisotopic (exact) mass is 358 g/mol. The quantitative estimate of drug-likeness (QED) is 0.561. The van der Waals surface area contributed by atoms with Gasteiger partial charge in [0, 0.05) is 24.2 Å². The number of aryl methyl sites for hydroxylation is 1. The molecule has 27 heavy (non-hydrogen) atoms. The van der Waals surface area contributed by atoms with Crippen molar-refractivity contribution in [1.29, 1.82) is 0 Å². The van der Waals surface area contributed by atoms with Crippen molar-refractivity contribution in [2.75, 3.05) is 5.32 Å². The van der Waals surface area contributed by atoms with E-state index in [0.717, 1.165) is 22.2 Å². The molecule has 0 atom stereocenters. The van der Waals surface area contributed by atoms with Crippen LogP contribution in [0.1, 0.15) is 20.8 Å². The maximum Gasteiger partial charge on any atom is 0.230 e. The number of nitrogens with one attached hydrogen (secondary N) is 1. The van der Waals surface area contributed by atoms with Gasteiger partial charge < -0.3 is 5.32 Å². The molecule has 0 spiro atoms. The maximum absolute atomic E-state index is 12.4. The van der Waals surface area contributed by atoms with Crippen molar-refractivity contribution < 1.29 is 4.79 Å². The Hall–Kier alpha value is -3.21. The average molecular weight is 358 g/mol. The van der Waals surface area contributed by atoms with Gasteiger partial charge in [0.25, 0.3) is 0 Å². The van der Waals surface area contributed by atoms with E-state index >= 15 is 0 Å². The summed E-state index contributed by atoms with van der Waals surface area (Å²) in [5.74, 6) is 0.472. The lowest BCUT2D eigenvalue weighted by molar-refractivity contribution is -0.123. The van der Waals surface area contributed by atoms with Crippen LogP contribution in [0.3, 0.4) is 0 Å². The number of aromatic nitrogens is 3. The molecule has 0 saturated carbocycles. The van der Waals surface area contributed by atoms with E-state index in [1.807, 2.05) is 52.2 Å². The Morgan fingerprint density at radius 1 is 1.04 bits per heavy atom. The van der Waals surface area contributed by atoms with Crippen molar-refractivity contribution >= 4 is 33.5 Å². The number of anilines is 1. The second-order valence-electron chi connectivity index (χ2n) is 7.80. The normalized spacial score (nSPS) is 11.9. The predicted molar refractivity (Wildman–Crippen MR) is 110 cm³/mol. The van der Waals surface area contributed by atoms with Gasteiger partial charge in [-0.1, -0.05) is 63.2 Å². The number of carbonyl (C=O) groups is 1. The van der Waals surface area contributed by atoms with Crippen molar-refractivity contribution in [3.8, 4) is 11.1 Å². The lowest BCUT2D eigenvalue weighted by atomic mass is 9.95. The number of nitrogens with zero attached hydrogens (tertiary/aromatic N) is 3. The van der Waals surface area contributed by atoms with Gasteiger partial charge >= 0.3 is 0 Å². The fourth-order valence-electron chi connectivity index (χ4n) is 3.15. The first-order valence-corrected chi connectivity index (χ1v) is 8.97. The largest absolute Gasteiger partial charge is 0.308 e. The first-order valence-electron chi connectivity index (χ1n) is 8.97. The summed E-state index contributed by atoms with van der Waals surface area (Å²) in [4.78, 5) is 17.0. The lowest BCUT2D eigenvalue weighted by Crippen LogP contribution is -2.27. The highest BCUT2D eigenvalue weighted by Crippen LogP contribution is 2.32. The molecule has 2 heterocycles. The molecule has 1 N–H and O–H groups in total. The van der Waals surface area contributed by atoms with Crippen LogP contribution in [0, 0.1) is 5.41 Å². The van der Waals surface area contributed by atoms with E-state index in [1.54, 1.807) is 4.68 Å². The smallest absolute Gasteiger partial charge is 0.230 e. The van der Waals surface area contributed by atoms with Crippen LogP contribution < -0.4 is 5.32 Å². The zero-order chi connectivity index (χ0) is 19.2. The van der Waals surface area contributed by atoms with Crippen LogP contribution in [0.15, 0.2) is 54.7 Å². The lowest BCUT2D eigenvalue weighted by Gasteiger charge is -2.16. The van der Waals surface area contributed by atoms with Gasteiger partial charge in [-0.15, -0.1) is 0 Å². The molecule has 2 aromatic carbocycles. The third kappa shape index (κ3) is 3.05. The number of amides is 1. The van der Waals surface area contributed by atoms with Crippen molar-refractivity contribution in [3.05, 3.63) is 54.7 Å². The van der Waals surface area contributed by atoms with Gasteiger partial charge in [0.1, 0.15) is 0 Å². The molecule has 5 heteroatoms. The predicted octanol–water partition coefficient (Wildman–Crippen LogP) is 4.77. The Labute approximate surface area is 158 Å². The third-order valence-electron chi connectivity index (χ3n) is 4.69. The number of benzene rings is 2. The molecular weight excluding hydrogens is 336 g/mol. The minimum atomic E-state index is -0.496. The summed E-state index contributed by atoms with van der Waals surface area (Å²) < 4.78 is 1.69. The summed E-state index contributed by atoms with van der Waals surface area (Å²) in [6.45, 7) is 5.65. The Morgan fingerprint density at radius 2 is 1.78 bits per heavy atom. The van der Waals surface area contributed by atoms with Crippen LogP contribution in [0.25, 0.3) is 32.9 Å². The SMILES string of the molecule is Cn1nc(NC(=O)C(C)(C)C)c2cc(-c3cccc4ccccc34)cnc21. The van der Waals surface area contributed by atoms with E-state index in [9.17, 15) is 4.79 Å². The average Bonchev–Trinajstić information content (AvgIpc) is 2.95. The topological polar surface area (TPSA) is 59.8 Å². The van der Waals surface area contributed by atoms with E-state index in [4.69, 9.17) is 0 Å². The highest BCUT2D eigenvalue weighted by Gasteiger charge is 2.23. The van der Waals surface area contributed by atoms with Crippen LogP contribution in [0.2, 0.25) is 0 Å². The van der Waals surface area contributed by atoms with Gasteiger partial charge in [-0.2, -0.15) is 5.10 Å². The third-order valence-corrected chi connectivity index (χ3v) is 4.69. The van der Waals surface area contributed by atoms with E-state index in [0.29, 0.717) is 5.82 Å². The Balaban J connectivity index is 1.86. The van der Waals surface area contributed by atoms with Crippen LogP contribution >= 0.6 is 0 Å². The number of rotatable bonds is 2. The molecule has 1 amide bonds. The van der Waals surface area contributed by atoms with E-state index in [-0.39, 0.29) is 5.91 Å². The van der Waals surface area contributed by atoms with E-state index < -0.39 is 5.41 Å². The first kappa shape index (κ1) is 17.2. The van der Waals surface area contributed by atoms with Crippen molar-refractivity contribution in [2.45, 2.75) is 20.8 Å². The van der Waals surface area contributed by atoms with Crippen LogP contribution in [-0.2, 0) is 11.8 Å². The minimum absolute atomic E-state index is 0.0712. The van der Waals surface area contributed by atoms with Gasteiger partial charge in [0.05, 0.1) is 5.39 Å². The van der Waals surface area contributed by atoms with E-state index in [2.05, 4.69) is 45.7 Å². The molecule has 2 aromatic heterocycles. The summed E-state index contributed by atoms with van der Waals surface area (Å²) in [6.07, 6.45) is 1.86. The van der Waals surface area contributed by atoms with Gasteiger partial charge in [-0.3, -0.25) is 4.79 Å². The molecule has 0 aliphatic carbocycles. The van der Waals surface area contributed by atoms with Gasteiger partial charge in [-0.05, 0) is 22.4 Å². The molecule has 4 rings (SSSR count). The summed E-state index contributed by atoms with van der Waals surface area (Å²) >= 11 is 0. The van der Waals surface area contributed by atoms with Crippen LogP contribution in [0.4, 0.5) is 5.82 Å². The van der Waals surface area contributed by atoms with Gasteiger partial charge in [-0.25, -0.2) is 9.67 Å². The Morgan fingerprint density at radius 3 is 2.56 bits per heavy atom. The summed E-state index contributed by atoms with van der Waals surface area (Å²) in [5, 5.41) is 10.6. The number of hydrogen-bond acceptors (Lipinski definition) is 3. The summed E-state index contributed by atoms with van der Waals surface area (Å²) in [5.41, 5.74) is 2.35. The number of hydrogen-bond donors (Lipinski definition) is 1. The second-order valence-corrected chi connectivity index (χ2v) is 7.80. The van der Waals surface area contributed by atoms with Crippen molar-refractivity contribution in [1.82, 2.24) is 14.8 Å². The molecule has 0 aliphatic rings.